The van der Waals surface area contributed by atoms with E-state index in [1.165, 1.54) is 61.6 Å². The zero-order valence-electron chi connectivity index (χ0n) is 23.7. The lowest BCUT2D eigenvalue weighted by molar-refractivity contribution is -0.432. The molecule has 0 bridgehead atoms. The van der Waals surface area contributed by atoms with Gasteiger partial charge in [-0.1, -0.05) is 28.3 Å². The summed E-state index contributed by atoms with van der Waals surface area (Å²) in [5, 5.41) is 31.4. The Morgan fingerprint density at radius 1 is 0.830 bits per heavy atom. The van der Waals surface area contributed by atoms with Crippen molar-refractivity contribution >= 4 is 67.7 Å². The minimum absolute atomic E-state index is 0.0650. The van der Waals surface area contributed by atoms with Crippen molar-refractivity contribution in [3.63, 3.8) is 0 Å². The minimum atomic E-state index is -4.79. The molecule has 0 atom stereocenters. The van der Waals surface area contributed by atoms with Gasteiger partial charge in [-0.2, -0.15) is 26.9 Å². The van der Waals surface area contributed by atoms with Crippen molar-refractivity contribution in [2.24, 2.45) is 5.10 Å². The van der Waals surface area contributed by atoms with E-state index in [0.29, 0.717) is 29.8 Å². The van der Waals surface area contributed by atoms with Gasteiger partial charge in [0.25, 0.3) is 31.7 Å². The number of hydrogen-bond acceptors (Lipinski definition) is 15. The van der Waals surface area contributed by atoms with E-state index in [1.54, 1.807) is 6.92 Å². The number of nitrogens with one attached hydrogen (secondary N) is 1. The number of aryl methyl sites for hydroxylation is 1. The smallest absolute Gasteiger partial charge is 0.295 e. The summed E-state index contributed by atoms with van der Waals surface area (Å²) in [7, 11) is -9.55. The second-order valence-corrected chi connectivity index (χ2v) is 13.4. The molecular weight excluding hydrogens is 709 g/mol. The topological polar surface area (TPSA) is 257 Å². The molecule has 3 aromatic rings. The summed E-state index contributed by atoms with van der Waals surface area (Å²) >= 11 is 0.990. The van der Waals surface area contributed by atoms with E-state index >= 15 is 0 Å². The molecule has 2 aromatic carbocycles. The van der Waals surface area contributed by atoms with Crippen molar-refractivity contribution < 1.29 is 60.0 Å². The van der Waals surface area contributed by atoms with Crippen molar-refractivity contribution in [1.29, 1.82) is 0 Å². The third-order valence-electron chi connectivity index (χ3n) is 6.13. The van der Waals surface area contributed by atoms with Crippen LogP contribution in [-0.2, 0) is 43.8 Å². The van der Waals surface area contributed by atoms with Crippen LogP contribution in [0.4, 0.5) is 5.69 Å². The van der Waals surface area contributed by atoms with E-state index in [0.717, 1.165) is 21.8 Å². The molecule has 1 aromatic heterocycles. The summed E-state index contributed by atoms with van der Waals surface area (Å²) in [6, 6.07) is 6.87. The number of nitrogens with zero attached hydrogens (tertiary/aromatic N) is 3. The van der Waals surface area contributed by atoms with Crippen molar-refractivity contribution in [2.45, 2.75) is 33.4 Å². The molecule has 250 valence electrons. The zero-order valence-corrected chi connectivity index (χ0v) is 27.0. The summed E-state index contributed by atoms with van der Waals surface area (Å²) in [4.78, 5) is 25.6. The number of amides is 1. The Morgan fingerprint density at radius 3 is 1.94 bits per heavy atom. The molecule has 1 aliphatic rings. The van der Waals surface area contributed by atoms with Crippen LogP contribution in [0.15, 0.2) is 95.8 Å². The quantitative estimate of drug-likeness (QED) is 0.0419. The molecule has 0 aliphatic carbocycles. The fourth-order valence-electron chi connectivity index (χ4n) is 4.15. The highest BCUT2D eigenvalue weighted by Crippen LogP contribution is 2.34. The van der Waals surface area contributed by atoms with E-state index in [2.05, 4.69) is 28.9 Å². The predicted octanol–water partition coefficient (Wildman–Crippen LogP) is 3.74. The number of rotatable bonds is 13. The van der Waals surface area contributed by atoms with Crippen LogP contribution in [-0.4, -0.2) is 57.9 Å². The van der Waals surface area contributed by atoms with Crippen LogP contribution in [0, 0.1) is 6.92 Å². The van der Waals surface area contributed by atoms with Crippen molar-refractivity contribution in [3.8, 4) is 5.69 Å². The van der Waals surface area contributed by atoms with Crippen LogP contribution in [0.5, 0.6) is 0 Å². The van der Waals surface area contributed by atoms with Gasteiger partial charge in [0.05, 0.1) is 52.3 Å². The number of benzene rings is 2. The van der Waals surface area contributed by atoms with Gasteiger partial charge >= 0.3 is 0 Å². The first-order chi connectivity index (χ1) is 22.2. The van der Waals surface area contributed by atoms with Crippen LogP contribution in [0.2, 0.25) is 0 Å². The molecule has 47 heavy (non-hydrogen) atoms. The van der Waals surface area contributed by atoms with Crippen molar-refractivity contribution in [1.82, 2.24) is 9.78 Å². The number of anilines is 1. The SMILES string of the molecule is CC1=NN(c2cc(SOOO)ccc2S(=O)(=O)O)C(=O)/C1=C/C=C/C=C/c1c(C)[nH]n(-c2cc(SOOO)ccc2S(=O)(=O)O)c1=O. The van der Waals surface area contributed by atoms with Gasteiger partial charge in [-0.25, -0.2) is 15.2 Å². The molecule has 22 heteroatoms. The Hall–Kier alpha value is -3.91. The number of aromatic amines is 1. The van der Waals surface area contributed by atoms with Crippen LogP contribution in [0.25, 0.3) is 11.8 Å². The Bertz CT molecular complexity index is 2100. The van der Waals surface area contributed by atoms with Gasteiger partial charge in [-0.15, -0.1) is 8.67 Å². The maximum atomic E-state index is 13.2. The highest BCUT2D eigenvalue weighted by molar-refractivity contribution is 7.94. The van der Waals surface area contributed by atoms with Crippen molar-refractivity contribution in [3.05, 3.63) is 87.9 Å². The molecular formula is C25H22N4O14S4. The van der Waals surface area contributed by atoms with Gasteiger partial charge in [0.2, 0.25) is 0 Å². The first-order valence-corrected chi connectivity index (χ1v) is 16.8. The van der Waals surface area contributed by atoms with Gasteiger partial charge in [-0.3, -0.25) is 23.8 Å². The molecule has 0 spiro atoms. The number of allylic oxidation sites excluding steroid dienone is 4. The summed E-state index contributed by atoms with van der Waals surface area (Å²) in [5.41, 5.74) is -0.533. The Morgan fingerprint density at radius 2 is 1.38 bits per heavy atom. The minimum Gasteiger partial charge on any atom is -0.295 e. The molecule has 0 saturated heterocycles. The highest BCUT2D eigenvalue weighted by atomic mass is 32.2. The largest absolute Gasteiger partial charge is 0.296 e. The number of hydrazone groups is 1. The molecule has 18 nitrogen and oxygen atoms in total. The summed E-state index contributed by atoms with van der Waals surface area (Å²) in [6.45, 7) is 3.03. The molecule has 5 N–H and O–H groups in total. The number of carbonyl (C=O) groups excluding carboxylic acids is 1. The molecule has 0 saturated carbocycles. The van der Waals surface area contributed by atoms with E-state index in [4.69, 9.17) is 10.5 Å². The second-order valence-electron chi connectivity index (χ2n) is 9.08. The van der Waals surface area contributed by atoms with E-state index in [-0.39, 0.29) is 38.0 Å². The van der Waals surface area contributed by atoms with Gasteiger partial charge in [0, 0.05) is 15.5 Å². The molecule has 1 amide bonds. The molecule has 1 aliphatic heterocycles. The average Bonchev–Trinajstić information content (AvgIpc) is 3.46. The molecule has 0 unspecified atom stereocenters. The molecule has 4 rings (SSSR count). The Kier molecular flexibility index (Phi) is 11.4. The number of carbonyl (C=O) groups is 1. The summed E-state index contributed by atoms with van der Waals surface area (Å²) in [5.74, 6) is -0.738. The standard InChI is InChI=1S/C25H22N4O14S4/c1-14-18(24(30)28(26-14)20-12-16(44-42-40-32)8-10-22(20)46(34,35)36)6-4-3-5-7-19-15(2)27-29(25(19)31)21-13-17(45-43-41-33)9-11-23(21)47(37,38)39/h3-13,26,32-33H,1-2H3,(H,34,35,36)(H,37,38,39)/b5-3+,6-4+,19-7+. The third-order valence-corrected chi connectivity index (χ3v) is 9.09. The predicted molar refractivity (Wildman–Crippen MR) is 165 cm³/mol. The van der Waals surface area contributed by atoms with Crippen LogP contribution < -0.4 is 10.6 Å². The highest BCUT2D eigenvalue weighted by Gasteiger charge is 2.32. The monoisotopic (exact) mass is 730 g/mol. The van der Waals surface area contributed by atoms with Gasteiger partial charge in [0.1, 0.15) is 9.79 Å². The summed E-state index contributed by atoms with van der Waals surface area (Å²) < 4.78 is 76.8. The lowest BCUT2D eigenvalue weighted by Gasteiger charge is -2.16. The number of hydrogen-bond donors (Lipinski definition) is 5. The van der Waals surface area contributed by atoms with Crippen LogP contribution in [0.3, 0.4) is 0 Å². The lowest BCUT2D eigenvalue weighted by Crippen LogP contribution is -2.23. The van der Waals surface area contributed by atoms with Crippen LogP contribution in [0.1, 0.15) is 18.2 Å². The number of H-pyrrole nitrogens is 1. The normalized spacial score (nSPS) is 15.1. The fraction of sp³-hybridized carbons (Fsp3) is 0.0800. The van der Waals surface area contributed by atoms with E-state index < -0.39 is 41.5 Å². The Balaban J connectivity index is 1.60. The van der Waals surface area contributed by atoms with E-state index in [9.17, 15) is 35.5 Å². The zero-order chi connectivity index (χ0) is 34.5. The van der Waals surface area contributed by atoms with Gasteiger partial charge < -0.3 is 0 Å². The average molecular weight is 731 g/mol. The Labute approximate surface area is 273 Å². The summed E-state index contributed by atoms with van der Waals surface area (Å²) in [6.07, 6.45) is 7.13. The first-order valence-electron chi connectivity index (χ1n) is 12.5. The first kappa shape index (κ1) is 35.9. The van der Waals surface area contributed by atoms with Crippen molar-refractivity contribution in [2.75, 3.05) is 5.01 Å². The maximum Gasteiger partial charge on any atom is 0.296 e. The fourth-order valence-corrected chi connectivity index (χ4v) is 6.24. The number of aromatic nitrogens is 2. The van der Waals surface area contributed by atoms with Crippen LogP contribution >= 0.6 is 24.1 Å². The van der Waals surface area contributed by atoms with Gasteiger partial charge in [-0.05, 0) is 62.4 Å². The lowest BCUT2D eigenvalue weighted by atomic mass is 10.1. The molecule has 0 fully saturated rings. The third kappa shape index (κ3) is 8.33. The van der Waals surface area contributed by atoms with Gasteiger partial charge in [0.15, 0.2) is 0 Å². The maximum absolute atomic E-state index is 13.2. The molecule has 2 heterocycles. The second kappa shape index (κ2) is 14.9. The van der Waals surface area contributed by atoms with E-state index in [1.807, 2.05) is 0 Å². The molecule has 0 radical (unpaired) electrons.